The normalized spacial score (nSPS) is 10.3. The molecule has 0 radical (unpaired) electrons. The number of hydrogen-bond donors (Lipinski definition) is 1. The lowest BCUT2D eigenvalue weighted by molar-refractivity contribution is 0.0968. The van der Waals surface area contributed by atoms with E-state index in [2.05, 4.69) is 4.98 Å². The van der Waals surface area contributed by atoms with Crippen LogP contribution in [0.15, 0.2) is 50.7 Å². The van der Waals surface area contributed by atoms with Crippen molar-refractivity contribution in [2.24, 2.45) is 0 Å². The van der Waals surface area contributed by atoms with Crippen molar-refractivity contribution in [1.82, 2.24) is 9.55 Å². The highest BCUT2D eigenvalue weighted by molar-refractivity contribution is 5.98. The van der Waals surface area contributed by atoms with Gasteiger partial charge in [0, 0.05) is 6.07 Å². The lowest BCUT2D eigenvalue weighted by Gasteiger charge is -2.08. The highest BCUT2D eigenvalue weighted by atomic mass is 16.4. The van der Waals surface area contributed by atoms with Gasteiger partial charge >= 0.3 is 5.63 Å². The summed E-state index contributed by atoms with van der Waals surface area (Å²) < 4.78 is 6.08. The van der Waals surface area contributed by atoms with E-state index in [9.17, 15) is 19.5 Å². The summed E-state index contributed by atoms with van der Waals surface area (Å²) in [6.45, 7) is 5.53. The van der Waals surface area contributed by atoms with Crippen molar-refractivity contribution in [3.63, 3.8) is 0 Å². The first-order chi connectivity index (χ1) is 12.5. The van der Waals surface area contributed by atoms with Gasteiger partial charge < -0.3 is 9.52 Å². The Labute approximate surface area is 149 Å². The molecule has 1 N–H and O–H groups in total. The Morgan fingerprint density at radius 2 is 1.92 bits per heavy atom. The molecule has 0 aliphatic heterocycles. The van der Waals surface area contributed by atoms with Gasteiger partial charge in [-0.25, -0.2) is 9.78 Å². The largest absolute Gasteiger partial charge is 0.507 e. The number of benzene rings is 1. The van der Waals surface area contributed by atoms with E-state index in [-0.39, 0.29) is 29.0 Å². The van der Waals surface area contributed by atoms with Crippen LogP contribution in [0, 0.1) is 0 Å². The summed E-state index contributed by atoms with van der Waals surface area (Å²) in [5, 5.41) is 9.92. The quantitative estimate of drug-likeness (QED) is 0.721. The molecular formula is C19H20N2O5. The van der Waals surface area contributed by atoms with Crippen molar-refractivity contribution in [3.05, 3.63) is 68.6 Å². The predicted molar refractivity (Wildman–Crippen MR) is 97.7 cm³/mol. The second-order valence-corrected chi connectivity index (χ2v) is 5.24. The second-order valence-electron chi connectivity index (χ2n) is 5.24. The molecule has 0 unspecified atom stereocenters. The van der Waals surface area contributed by atoms with Crippen LogP contribution in [0.25, 0.3) is 11.1 Å². The summed E-state index contributed by atoms with van der Waals surface area (Å²) >= 11 is 0. The monoisotopic (exact) mass is 356 g/mol. The highest BCUT2D eigenvalue weighted by Gasteiger charge is 2.16. The molecule has 3 aromatic rings. The molecular weight excluding hydrogens is 336 g/mol. The van der Waals surface area contributed by atoms with Crippen molar-refractivity contribution in [3.8, 4) is 5.75 Å². The number of phenolic OH excluding ortho intramolecular Hbond substituents is 1. The van der Waals surface area contributed by atoms with Crippen LogP contribution in [0.3, 0.4) is 0 Å². The van der Waals surface area contributed by atoms with Crippen molar-refractivity contribution in [2.45, 2.75) is 33.7 Å². The zero-order chi connectivity index (χ0) is 19.3. The third-order valence-corrected chi connectivity index (χ3v) is 3.71. The van der Waals surface area contributed by atoms with Gasteiger partial charge in [-0.2, -0.15) is 0 Å². The van der Waals surface area contributed by atoms with E-state index in [1.54, 1.807) is 19.1 Å². The Morgan fingerprint density at radius 1 is 1.23 bits per heavy atom. The highest BCUT2D eigenvalue weighted by Crippen LogP contribution is 2.17. The molecule has 1 aromatic carbocycles. The van der Waals surface area contributed by atoms with Gasteiger partial charge in [0.2, 0.25) is 5.71 Å². The van der Waals surface area contributed by atoms with Gasteiger partial charge in [0.1, 0.15) is 17.5 Å². The van der Waals surface area contributed by atoms with Crippen LogP contribution >= 0.6 is 0 Å². The van der Waals surface area contributed by atoms with E-state index >= 15 is 0 Å². The van der Waals surface area contributed by atoms with Crippen LogP contribution in [-0.4, -0.2) is 20.4 Å². The fourth-order valence-corrected chi connectivity index (χ4v) is 2.51. The summed E-state index contributed by atoms with van der Waals surface area (Å²) in [5.74, 6) is -0.573. The molecule has 0 fully saturated rings. The number of aromatic nitrogens is 2. The number of carbonyl (C=O) groups is 1. The number of ketones is 1. The zero-order valence-corrected chi connectivity index (χ0v) is 14.9. The first kappa shape index (κ1) is 19.1. The maximum absolute atomic E-state index is 12.6. The molecule has 0 aliphatic carbocycles. The van der Waals surface area contributed by atoms with Gasteiger partial charge in [0.25, 0.3) is 5.56 Å². The van der Waals surface area contributed by atoms with E-state index in [1.807, 2.05) is 13.8 Å². The number of hydrogen-bond acceptors (Lipinski definition) is 6. The van der Waals surface area contributed by atoms with E-state index in [0.717, 1.165) is 10.9 Å². The molecule has 0 bridgehead atoms. The predicted octanol–water partition coefficient (Wildman–Crippen LogP) is 2.53. The maximum Gasteiger partial charge on any atom is 0.337 e. The Hall–Kier alpha value is -3.22. The molecule has 2 heterocycles. The Bertz CT molecular complexity index is 1050. The van der Waals surface area contributed by atoms with Gasteiger partial charge in [-0.15, -0.1) is 0 Å². The van der Waals surface area contributed by atoms with Gasteiger partial charge in [-0.3, -0.25) is 14.2 Å². The summed E-state index contributed by atoms with van der Waals surface area (Å²) in [6.07, 6.45) is 1.61. The van der Waals surface area contributed by atoms with Gasteiger partial charge in [-0.1, -0.05) is 32.9 Å². The number of fused-ring (bicyclic) bond motifs is 1. The number of Topliss-reactive ketones (excluding diaryl/α,β-unsaturated/α-hetero) is 1. The average molecular weight is 356 g/mol. The van der Waals surface area contributed by atoms with Gasteiger partial charge in [0.05, 0.1) is 12.1 Å². The van der Waals surface area contributed by atoms with Crippen LogP contribution in [0.5, 0.6) is 5.75 Å². The molecule has 7 nitrogen and oxygen atoms in total. The molecule has 7 heteroatoms. The number of aromatic hydroxyl groups is 1. The fourth-order valence-electron chi connectivity index (χ4n) is 2.51. The fraction of sp³-hybridized carbons (Fsp3) is 0.263. The lowest BCUT2D eigenvalue weighted by Crippen LogP contribution is -2.26. The Morgan fingerprint density at radius 3 is 2.58 bits per heavy atom. The number of phenols is 1. The van der Waals surface area contributed by atoms with Crippen LogP contribution < -0.4 is 11.2 Å². The molecule has 2 aromatic heterocycles. The number of carbonyl (C=O) groups excluding carboxylic acids is 1. The zero-order valence-electron chi connectivity index (χ0n) is 14.9. The maximum atomic E-state index is 12.6. The summed E-state index contributed by atoms with van der Waals surface area (Å²) in [6, 6.07) is 7.36. The minimum Gasteiger partial charge on any atom is -0.507 e. The van der Waals surface area contributed by atoms with E-state index in [1.165, 1.54) is 18.2 Å². The average Bonchev–Trinajstić information content (AvgIpc) is 2.65. The second kappa shape index (κ2) is 8.24. The SMILES string of the molecule is CC.CCc1cc(=O)oc2ncn(CC(=O)c3ccccc3O)c(=O)c12. The van der Waals surface area contributed by atoms with Gasteiger partial charge in [0.15, 0.2) is 5.78 Å². The Kier molecular flexibility index (Phi) is 6.06. The molecule has 0 atom stereocenters. The summed E-state index contributed by atoms with van der Waals surface area (Å²) in [5.41, 5.74) is -0.447. The van der Waals surface area contributed by atoms with Crippen molar-refractivity contribution < 1.29 is 14.3 Å². The standard InChI is InChI=1S/C17H14N2O5.C2H6/c1-2-10-7-14(22)24-16-15(10)17(23)19(9-18-16)8-13(21)11-5-3-4-6-12(11)20;1-2/h3-7,9,20H,2,8H2,1H3;1-2H3. The third-order valence-electron chi connectivity index (χ3n) is 3.71. The van der Waals surface area contributed by atoms with Crippen LogP contribution in [-0.2, 0) is 13.0 Å². The topological polar surface area (TPSA) is 102 Å². The molecule has 3 rings (SSSR count). The summed E-state index contributed by atoms with van der Waals surface area (Å²) in [7, 11) is 0. The van der Waals surface area contributed by atoms with Crippen molar-refractivity contribution in [1.29, 1.82) is 0 Å². The summed E-state index contributed by atoms with van der Waals surface area (Å²) in [4.78, 5) is 40.4. The molecule has 0 amide bonds. The van der Waals surface area contributed by atoms with Crippen LogP contribution in [0.1, 0.15) is 36.7 Å². The molecule has 136 valence electrons. The first-order valence-electron chi connectivity index (χ1n) is 8.34. The third kappa shape index (κ3) is 3.72. The van der Waals surface area contributed by atoms with Crippen LogP contribution in [0.4, 0.5) is 0 Å². The molecule has 26 heavy (non-hydrogen) atoms. The molecule has 0 spiro atoms. The Balaban J connectivity index is 0.00000117. The number of aryl methyl sites for hydroxylation is 1. The minimum absolute atomic E-state index is 0.0457. The molecule has 0 aliphatic rings. The lowest BCUT2D eigenvalue weighted by atomic mass is 10.1. The van der Waals surface area contributed by atoms with E-state index in [0.29, 0.717) is 12.0 Å². The number of nitrogens with zero attached hydrogens (tertiary/aromatic N) is 2. The first-order valence-corrected chi connectivity index (χ1v) is 8.34. The number of rotatable bonds is 4. The molecule has 0 saturated carbocycles. The smallest absolute Gasteiger partial charge is 0.337 e. The van der Waals surface area contributed by atoms with E-state index < -0.39 is 17.0 Å². The van der Waals surface area contributed by atoms with Gasteiger partial charge in [-0.05, 0) is 24.1 Å². The van der Waals surface area contributed by atoms with Crippen molar-refractivity contribution in [2.75, 3.05) is 0 Å². The van der Waals surface area contributed by atoms with Crippen molar-refractivity contribution >= 4 is 16.9 Å². The van der Waals surface area contributed by atoms with Crippen LogP contribution in [0.2, 0.25) is 0 Å². The number of para-hydroxylation sites is 1. The minimum atomic E-state index is -0.575. The van der Waals surface area contributed by atoms with E-state index in [4.69, 9.17) is 4.42 Å². The molecule has 0 saturated heterocycles.